The number of carbonyl (C=O) groups excluding carboxylic acids is 2. The first-order valence-electron chi connectivity index (χ1n) is 8.73. The van der Waals surface area contributed by atoms with Gasteiger partial charge in [0.15, 0.2) is 0 Å². The fourth-order valence-corrected chi connectivity index (χ4v) is 4.51. The molecule has 2 amide bonds. The largest absolute Gasteiger partial charge is 0.493 e. The van der Waals surface area contributed by atoms with Crippen LogP contribution in [0, 0.1) is 0 Å². The molecule has 2 aromatic carbocycles. The van der Waals surface area contributed by atoms with E-state index in [2.05, 4.69) is 10.3 Å². The van der Waals surface area contributed by atoms with Gasteiger partial charge in [-0.1, -0.05) is 29.5 Å². The predicted molar refractivity (Wildman–Crippen MR) is 111 cm³/mol. The summed E-state index contributed by atoms with van der Waals surface area (Å²) in [7, 11) is -3.87. The summed E-state index contributed by atoms with van der Waals surface area (Å²) in [5.41, 5.74) is 0.376. The third-order valence-corrected chi connectivity index (χ3v) is 6.39. The molecule has 1 aliphatic heterocycles. The van der Waals surface area contributed by atoms with Crippen molar-refractivity contribution in [1.82, 2.24) is 4.57 Å². The van der Waals surface area contributed by atoms with Crippen LogP contribution in [-0.2, 0) is 26.2 Å². The van der Waals surface area contributed by atoms with Crippen LogP contribution in [-0.4, -0.2) is 29.9 Å². The summed E-state index contributed by atoms with van der Waals surface area (Å²) in [5, 5.41) is 19.0. The molecule has 0 spiro atoms. The molecule has 4 N–H and O–H groups in total. The van der Waals surface area contributed by atoms with Crippen LogP contribution in [0.5, 0.6) is 5.88 Å². The van der Waals surface area contributed by atoms with Crippen LogP contribution in [0.2, 0.25) is 0 Å². The van der Waals surface area contributed by atoms with E-state index in [9.17, 15) is 27.9 Å². The Morgan fingerprint density at radius 2 is 1.81 bits per heavy atom. The van der Waals surface area contributed by atoms with Gasteiger partial charge in [0, 0.05) is 10.9 Å². The van der Waals surface area contributed by atoms with Crippen LogP contribution in [0.4, 0.5) is 5.69 Å². The first kappa shape index (κ1) is 20.7. The second-order valence-corrected chi connectivity index (χ2v) is 9.06. The van der Waals surface area contributed by atoms with Crippen molar-refractivity contribution in [3.05, 3.63) is 73.7 Å². The van der Waals surface area contributed by atoms with Crippen molar-refractivity contribution >= 4 is 44.4 Å². The number of aromatic hydroxyl groups is 1. The zero-order valence-electron chi connectivity index (χ0n) is 15.6. The smallest absolute Gasteiger partial charge is 0.311 e. The normalized spacial score (nSPS) is 13.1. The first-order valence-corrected chi connectivity index (χ1v) is 11.1. The summed E-state index contributed by atoms with van der Waals surface area (Å²) in [6, 6.07) is 11.8. The Morgan fingerprint density at radius 3 is 2.48 bits per heavy atom. The summed E-state index contributed by atoms with van der Waals surface area (Å²) in [4.78, 5) is 40.2. The molecule has 1 aromatic heterocycles. The highest BCUT2D eigenvalue weighted by molar-refractivity contribution is 7.89. The Labute approximate surface area is 178 Å². The molecule has 0 saturated heterocycles. The molecular weight excluding hydrogens is 444 g/mol. The molecule has 2 heterocycles. The second kappa shape index (κ2) is 7.58. The van der Waals surface area contributed by atoms with Gasteiger partial charge in [0.05, 0.1) is 15.8 Å². The third-order valence-electron chi connectivity index (χ3n) is 4.47. The van der Waals surface area contributed by atoms with Crippen molar-refractivity contribution in [2.75, 3.05) is 5.32 Å². The van der Waals surface area contributed by atoms with Gasteiger partial charge >= 0.3 is 4.87 Å². The second-order valence-electron chi connectivity index (χ2n) is 6.53. The van der Waals surface area contributed by atoms with Gasteiger partial charge in [-0.25, -0.2) is 18.5 Å². The Balaban J connectivity index is 1.61. The molecule has 0 saturated carbocycles. The highest BCUT2D eigenvalue weighted by Gasteiger charge is 2.26. The first-order chi connectivity index (χ1) is 14.6. The Kier molecular flexibility index (Phi) is 5.05. The Hall–Kier alpha value is -3.61. The van der Waals surface area contributed by atoms with Crippen LogP contribution in [0.1, 0.15) is 4.88 Å². The maximum absolute atomic E-state index is 12.4. The molecule has 10 nitrogen and oxygen atoms in total. The number of sulfonamides is 1. The lowest BCUT2D eigenvalue weighted by molar-refractivity contribution is -0.117. The van der Waals surface area contributed by atoms with E-state index < -0.39 is 39.1 Å². The number of fused-ring (bicyclic) bond motifs is 1. The lowest BCUT2D eigenvalue weighted by atomic mass is 10.1. The number of benzene rings is 2. The number of carbonyl (C=O) groups is 2. The van der Waals surface area contributed by atoms with E-state index in [4.69, 9.17) is 5.14 Å². The highest BCUT2D eigenvalue weighted by Crippen LogP contribution is 2.28. The molecule has 0 aliphatic carbocycles. The number of nitrogens with two attached hydrogens (primary N) is 1. The molecule has 0 atom stereocenters. The van der Waals surface area contributed by atoms with Crippen molar-refractivity contribution in [3.8, 4) is 5.88 Å². The molecule has 0 bridgehead atoms. The molecule has 0 unspecified atom stereocenters. The average molecular weight is 458 g/mol. The van der Waals surface area contributed by atoms with Gasteiger partial charge < -0.3 is 10.4 Å². The van der Waals surface area contributed by atoms with Gasteiger partial charge in [-0.3, -0.25) is 19.0 Å². The van der Waals surface area contributed by atoms with Crippen molar-refractivity contribution in [2.24, 2.45) is 10.1 Å². The van der Waals surface area contributed by atoms with E-state index in [-0.39, 0.29) is 21.0 Å². The number of primary sulfonamides is 1. The maximum Gasteiger partial charge on any atom is 0.311 e. The molecule has 3 aromatic rings. The monoisotopic (exact) mass is 458 g/mol. The summed E-state index contributed by atoms with van der Waals surface area (Å²) >= 11 is 0.638. The average Bonchev–Trinajstić information content (AvgIpc) is 3.17. The van der Waals surface area contributed by atoms with Crippen LogP contribution in [0.15, 0.2) is 63.2 Å². The van der Waals surface area contributed by atoms with Crippen molar-refractivity contribution in [1.29, 1.82) is 0 Å². The van der Waals surface area contributed by atoms with E-state index in [1.54, 1.807) is 24.3 Å². The summed E-state index contributed by atoms with van der Waals surface area (Å²) in [6.45, 7) is -0.516. The van der Waals surface area contributed by atoms with Crippen LogP contribution in [0.25, 0.3) is 5.57 Å². The minimum absolute atomic E-state index is 0.0361. The lowest BCUT2D eigenvalue weighted by Gasteiger charge is -2.07. The highest BCUT2D eigenvalue weighted by atomic mass is 32.2. The van der Waals surface area contributed by atoms with Crippen molar-refractivity contribution < 1.29 is 23.1 Å². The quantitative estimate of drug-likeness (QED) is 0.456. The molecule has 12 heteroatoms. The zero-order valence-corrected chi connectivity index (χ0v) is 17.2. The summed E-state index contributed by atoms with van der Waals surface area (Å²) in [6.07, 6.45) is 0. The van der Waals surface area contributed by atoms with E-state index >= 15 is 0 Å². The summed E-state index contributed by atoms with van der Waals surface area (Å²) < 4.78 is 23.4. The number of hydrogen-bond donors (Lipinski definition) is 3. The maximum atomic E-state index is 12.4. The number of amides is 2. The number of thiazole rings is 1. The molecule has 0 radical (unpaired) electrons. The van der Waals surface area contributed by atoms with E-state index in [0.717, 1.165) is 4.57 Å². The van der Waals surface area contributed by atoms with Gasteiger partial charge in [-0.2, -0.15) is 0 Å². The SMILES string of the molecule is NS(=O)(=O)c1ccc(NC(=O)Cn2c(O)c(C3=c4ccccc4=NC3=O)sc2=O)cc1. The van der Waals surface area contributed by atoms with Crippen molar-refractivity contribution in [2.45, 2.75) is 11.4 Å². The number of aromatic nitrogens is 1. The molecule has 158 valence electrons. The fourth-order valence-electron chi connectivity index (χ4n) is 3.05. The van der Waals surface area contributed by atoms with Gasteiger partial charge in [0.1, 0.15) is 11.4 Å². The Morgan fingerprint density at radius 1 is 1.13 bits per heavy atom. The summed E-state index contributed by atoms with van der Waals surface area (Å²) in [5.74, 6) is -1.73. The fraction of sp³-hybridized carbons (Fsp3) is 0.0526. The molecule has 4 rings (SSSR count). The van der Waals surface area contributed by atoms with Crippen molar-refractivity contribution in [3.63, 3.8) is 0 Å². The van der Waals surface area contributed by atoms with E-state index in [1.165, 1.54) is 24.3 Å². The minimum atomic E-state index is -3.87. The molecule has 31 heavy (non-hydrogen) atoms. The van der Waals surface area contributed by atoms with Gasteiger partial charge in [0.25, 0.3) is 5.91 Å². The predicted octanol–water partition coefficient (Wildman–Crippen LogP) is -0.740. The minimum Gasteiger partial charge on any atom is -0.493 e. The lowest BCUT2D eigenvalue weighted by Crippen LogP contribution is -2.24. The van der Waals surface area contributed by atoms with Gasteiger partial charge in [-0.05, 0) is 30.3 Å². The number of nitrogens with one attached hydrogen (secondary N) is 1. The standard InChI is InChI=1S/C19H14N4O6S2/c20-31(28,29)11-7-5-10(6-8-11)21-14(24)9-23-18(26)16(30-19(23)27)15-12-3-1-2-4-13(12)22-17(15)25/h1-8,26H,9H2,(H,21,24)(H2,20,28,29). The topological polar surface area (TPSA) is 161 Å². The van der Waals surface area contributed by atoms with E-state index in [0.29, 0.717) is 21.9 Å². The van der Waals surface area contributed by atoms with Gasteiger partial charge in [-0.15, -0.1) is 0 Å². The van der Waals surface area contributed by atoms with E-state index in [1.807, 2.05) is 0 Å². The third kappa shape index (κ3) is 3.91. The number of nitrogens with zero attached hydrogens (tertiary/aromatic N) is 2. The zero-order chi connectivity index (χ0) is 22.3. The van der Waals surface area contributed by atoms with Crippen LogP contribution < -0.4 is 25.9 Å². The number of rotatable bonds is 5. The Bertz CT molecular complexity index is 1520. The molecule has 0 fully saturated rings. The van der Waals surface area contributed by atoms with Crippen LogP contribution >= 0.6 is 11.3 Å². The number of anilines is 1. The number of hydrogen-bond acceptors (Lipinski definition) is 7. The van der Waals surface area contributed by atoms with Gasteiger partial charge in [0.2, 0.25) is 21.8 Å². The number of para-hydroxylation sites is 1. The molecule has 1 aliphatic rings. The van der Waals surface area contributed by atoms with Crippen LogP contribution in [0.3, 0.4) is 0 Å². The molecular formula is C19H14N4O6S2.